The molecule has 2 N–H and O–H groups in total. The van der Waals surface area contributed by atoms with Crippen LogP contribution in [0.1, 0.15) is 13.3 Å². The molecule has 2 unspecified atom stereocenters. The zero-order valence-electron chi connectivity index (χ0n) is 11.5. The average molecular weight is 278 g/mol. The number of hydrogen-bond acceptors (Lipinski definition) is 3. The largest absolute Gasteiger partial charge is 0.495 e. The molecule has 0 radical (unpaired) electrons. The van der Waals surface area contributed by atoms with E-state index in [1.54, 1.807) is 24.3 Å². The second-order valence-corrected chi connectivity index (χ2v) is 4.87. The van der Waals surface area contributed by atoms with Crippen molar-refractivity contribution >= 4 is 17.7 Å². The Morgan fingerprint density at radius 3 is 2.75 bits per heavy atom. The van der Waals surface area contributed by atoms with Crippen molar-refractivity contribution in [1.82, 2.24) is 4.90 Å². The first-order valence-corrected chi connectivity index (χ1v) is 6.48. The van der Waals surface area contributed by atoms with Gasteiger partial charge in [-0.05, 0) is 24.5 Å². The zero-order valence-corrected chi connectivity index (χ0v) is 11.5. The predicted molar refractivity (Wildman–Crippen MR) is 73.9 cm³/mol. The summed E-state index contributed by atoms with van der Waals surface area (Å²) in [6, 6.07) is 5.84. The van der Waals surface area contributed by atoms with Gasteiger partial charge in [-0.1, -0.05) is 19.1 Å². The van der Waals surface area contributed by atoms with E-state index in [9.17, 15) is 14.7 Å². The minimum atomic E-state index is -0.967. The van der Waals surface area contributed by atoms with Gasteiger partial charge in [0.2, 0.25) is 0 Å². The van der Waals surface area contributed by atoms with E-state index >= 15 is 0 Å². The number of hydrogen-bond donors (Lipinski definition) is 2. The van der Waals surface area contributed by atoms with Crippen LogP contribution in [0.3, 0.4) is 0 Å². The van der Waals surface area contributed by atoms with Crippen LogP contribution in [-0.4, -0.2) is 41.7 Å². The van der Waals surface area contributed by atoms with Gasteiger partial charge >= 0.3 is 12.0 Å². The summed E-state index contributed by atoms with van der Waals surface area (Å²) in [5.74, 6) is -0.471. The topological polar surface area (TPSA) is 78.9 Å². The maximum absolute atomic E-state index is 12.2. The number of carboxylic acid groups (broad SMARTS) is 1. The number of methoxy groups -OCH3 is 1. The van der Waals surface area contributed by atoms with Crippen LogP contribution in [0.2, 0.25) is 0 Å². The third kappa shape index (κ3) is 2.68. The van der Waals surface area contributed by atoms with E-state index in [0.717, 1.165) is 0 Å². The van der Waals surface area contributed by atoms with Gasteiger partial charge in [0, 0.05) is 6.54 Å². The number of carboxylic acids is 1. The van der Waals surface area contributed by atoms with Gasteiger partial charge in [-0.3, -0.25) is 0 Å². The van der Waals surface area contributed by atoms with Gasteiger partial charge in [0.15, 0.2) is 0 Å². The van der Waals surface area contributed by atoms with E-state index < -0.39 is 18.0 Å². The Morgan fingerprint density at radius 2 is 2.10 bits per heavy atom. The molecule has 1 aromatic rings. The van der Waals surface area contributed by atoms with Gasteiger partial charge in [-0.2, -0.15) is 0 Å². The van der Waals surface area contributed by atoms with Crippen molar-refractivity contribution in [1.29, 1.82) is 0 Å². The van der Waals surface area contributed by atoms with Crippen molar-refractivity contribution in [2.45, 2.75) is 19.4 Å². The summed E-state index contributed by atoms with van der Waals surface area (Å²) in [7, 11) is 1.52. The van der Waals surface area contributed by atoms with Crippen molar-refractivity contribution in [3.63, 3.8) is 0 Å². The summed E-state index contributed by atoms with van der Waals surface area (Å²) in [5.41, 5.74) is 0.531. The average Bonchev–Trinajstić information content (AvgIpc) is 2.81. The molecule has 2 rings (SSSR count). The first-order valence-electron chi connectivity index (χ1n) is 6.48. The highest BCUT2D eigenvalue weighted by atomic mass is 16.5. The molecule has 1 heterocycles. The van der Waals surface area contributed by atoms with Crippen LogP contribution < -0.4 is 10.1 Å². The SMILES string of the molecule is COc1ccccc1NC(=O)N1CCC(C)C1C(=O)O. The number of nitrogens with one attached hydrogen (secondary N) is 1. The highest BCUT2D eigenvalue weighted by Gasteiger charge is 2.39. The Balaban J connectivity index is 2.14. The number of para-hydroxylation sites is 2. The summed E-state index contributed by atoms with van der Waals surface area (Å²) >= 11 is 0. The van der Waals surface area contributed by atoms with E-state index in [2.05, 4.69) is 5.32 Å². The number of ether oxygens (including phenoxy) is 1. The molecule has 20 heavy (non-hydrogen) atoms. The van der Waals surface area contributed by atoms with Crippen molar-refractivity contribution in [2.24, 2.45) is 5.92 Å². The lowest BCUT2D eigenvalue weighted by Crippen LogP contribution is -2.44. The molecule has 0 aliphatic carbocycles. The van der Waals surface area contributed by atoms with Gasteiger partial charge in [-0.15, -0.1) is 0 Å². The first kappa shape index (κ1) is 14.2. The summed E-state index contributed by atoms with van der Waals surface area (Å²) < 4.78 is 5.15. The number of benzene rings is 1. The number of likely N-dealkylation sites (tertiary alicyclic amines) is 1. The van der Waals surface area contributed by atoms with E-state index in [0.29, 0.717) is 24.4 Å². The van der Waals surface area contributed by atoms with Gasteiger partial charge in [-0.25, -0.2) is 9.59 Å². The van der Waals surface area contributed by atoms with E-state index in [4.69, 9.17) is 4.74 Å². The minimum absolute atomic E-state index is 0.0454. The van der Waals surface area contributed by atoms with Crippen LogP contribution in [0.5, 0.6) is 5.75 Å². The fourth-order valence-corrected chi connectivity index (χ4v) is 2.49. The third-order valence-corrected chi connectivity index (χ3v) is 3.56. The highest BCUT2D eigenvalue weighted by Crippen LogP contribution is 2.27. The molecule has 1 aliphatic heterocycles. The Labute approximate surface area is 117 Å². The number of amides is 2. The summed E-state index contributed by atoms with van der Waals surface area (Å²) in [6.07, 6.45) is 0.691. The maximum Gasteiger partial charge on any atom is 0.326 e. The lowest BCUT2D eigenvalue weighted by Gasteiger charge is -2.24. The summed E-state index contributed by atoms with van der Waals surface area (Å²) in [4.78, 5) is 24.9. The van der Waals surface area contributed by atoms with E-state index in [1.165, 1.54) is 12.0 Å². The van der Waals surface area contributed by atoms with Crippen molar-refractivity contribution in [3.8, 4) is 5.75 Å². The number of aliphatic carboxylic acids is 1. The Bertz CT molecular complexity index is 518. The molecule has 2 atom stereocenters. The monoisotopic (exact) mass is 278 g/mol. The molecule has 1 fully saturated rings. The molecular weight excluding hydrogens is 260 g/mol. The molecule has 6 nitrogen and oxygen atoms in total. The Morgan fingerprint density at radius 1 is 1.40 bits per heavy atom. The van der Waals surface area contributed by atoms with Crippen LogP contribution in [0, 0.1) is 5.92 Å². The van der Waals surface area contributed by atoms with Crippen LogP contribution >= 0.6 is 0 Å². The van der Waals surface area contributed by atoms with Crippen LogP contribution in [0.15, 0.2) is 24.3 Å². The van der Waals surface area contributed by atoms with Crippen LogP contribution in [0.25, 0.3) is 0 Å². The lowest BCUT2D eigenvalue weighted by atomic mass is 10.0. The highest BCUT2D eigenvalue weighted by molar-refractivity contribution is 5.94. The molecule has 0 spiro atoms. The summed E-state index contributed by atoms with van der Waals surface area (Å²) in [6.45, 7) is 2.29. The van der Waals surface area contributed by atoms with Gasteiger partial charge in [0.1, 0.15) is 11.8 Å². The molecular formula is C14H18N2O4. The number of anilines is 1. The molecule has 108 valence electrons. The molecule has 6 heteroatoms. The third-order valence-electron chi connectivity index (χ3n) is 3.56. The quantitative estimate of drug-likeness (QED) is 0.886. The smallest absolute Gasteiger partial charge is 0.326 e. The molecule has 0 aromatic heterocycles. The van der Waals surface area contributed by atoms with Crippen LogP contribution in [-0.2, 0) is 4.79 Å². The molecule has 1 aromatic carbocycles. The fourth-order valence-electron chi connectivity index (χ4n) is 2.49. The minimum Gasteiger partial charge on any atom is -0.495 e. The molecule has 1 aliphatic rings. The standard InChI is InChI=1S/C14H18N2O4/c1-9-7-8-16(12(9)13(17)18)14(19)15-10-5-3-4-6-11(10)20-2/h3-6,9,12H,7-8H2,1-2H3,(H,15,19)(H,17,18). The number of urea groups is 1. The number of nitrogens with zero attached hydrogens (tertiary/aromatic N) is 1. The number of carbonyl (C=O) groups is 2. The number of rotatable bonds is 3. The summed E-state index contributed by atoms with van der Waals surface area (Å²) in [5, 5.41) is 11.9. The lowest BCUT2D eigenvalue weighted by molar-refractivity contribution is -0.142. The Hall–Kier alpha value is -2.24. The first-order chi connectivity index (χ1) is 9.54. The molecule has 2 amide bonds. The van der Waals surface area contributed by atoms with Gasteiger partial charge in [0.25, 0.3) is 0 Å². The van der Waals surface area contributed by atoms with Crippen LogP contribution in [0.4, 0.5) is 10.5 Å². The van der Waals surface area contributed by atoms with E-state index in [-0.39, 0.29) is 5.92 Å². The second kappa shape index (κ2) is 5.81. The van der Waals surface area contributed by atoms with Crippen molar-refractivity contribution in [2.75, 3.05) is 19.0 Å². The molecule has 0 saturated carbocycles. The van der Waals surface area contributed by atoms with Crippen molar-refractivity contribution in [3.05, 3.63) is 24.3 Å². The molecule has 0 bridgehead atoms. The zero-order chi connectivity index (χ0) is 14.7. The maximum atomic E-state index is 12.2. The normalized spacial score (nSPS) is 21.6. The fraction of sp³-hybridized carbons (Fsp3) is 0.429. The van der Waals surface area contributed by atoms with Gasteiger partial charge in [0.05, 0.1) is 12.8 Å². The number of carbonyl (C=O) groups excluding carboxylic acids is 1. The van der Waals surface area contributed by atoms with Gasteiger partial charge < -0.3 is 20.1 Å². The predicted octanol–water partition coefficient (Wildman–Crippen LogP) is 2.02. The second-order valence-electron chi connectivity index (χ2n) is 4.87. The van der Waals surface area contributed by atoms with E-state index in [1.807, 2.05) is 6.92 Å². The van der Waals surface area contributed by atoms with Crippen molar-refractivity contribution < 1.29 is 19.4 Å². The molecule has 1 saturated heterocycles. The Kier molecular flexibility index (Phi) is 4.12.